The summed E-state index contributed by atoms with van der Waals surface area (Å²) in [4.78, 5) is 7.13. The zero-order valence-corrected chi connectivity index (χ0v) is 19.5. The van der Waals surface area contributed by atoms with E-state index in [9.17, 15) is 0 Å². The first-order valence-corrected chi connectivity index (χ1v) is 9.55. The number of imidazole rings is 1. The molecular formula is C16H25N3S3Zn. The van der Waals surface area contributed by atoms with Crippen LogP contribution in [0.1, 0.15) is 39.5 Å². The van der Waals surface area contributed by atoms with Crippen LogP contribution in [0.25, 0.3) is 11.0 Å². The number of para-hydroxylation sites is 2. The van der Waals surface area contributed by atoms with Crippen LogP contribution in [0, 0.1) is 0 Å². The zero-order valence-electron chi connectivity index (χ0n) is 14.0. The Labute approximate surface area is 167 Å². The second-order valence-corrected chi connectivity index (χ2v) is 7.04. The van der Waals surface area contributed by atoms with Crippen molar-refractivity contribution in [1.82, 2.24) is 15.3 Å². The number of hydrogen-bond donors (Lipinski definition) is 3. The first-order chi connectivity index (χ1) is 10.7. The van der Waals surface area contributed by atoms with Crippen molar-refractivity contribution in [3.63, 3.8) is 0 Å². The van der Waals surface area contributed by atoms with Crippen molar-refractivity contribution in [3.8, 4) is 0 Å². The number of unbranched alkanes of at least 4 members (excludes halogenated alkanes) is 2. The molecule has 0 spiro atoms. The average Bonchev–Trinajstić information content (AvgIpc) is 2.88. The molecule has 2 rings (SSSR count). The maximum Gasteiger partial charge on any atom is 0.163 e. The van der Waals surface area contributed by atoms with E-state index in [1.54, 1.807) is 11.8 Å². The van der Waals surface area contributed by atoms with Crippen LogP contribution in [0.4, 0.5) is 0 Å². The number of nitrogens with one attached hydrogen (secondary N) is 2. The molecule has 0 aliphatic rings. The number of thiocarbonyl (C=S) groups is 1. The van der Waals surface area contributed by atoms with Crippen molar-refractivity contribution in [2.45, 2.75) is 44.7 Å². The molecule has 2 aromatic rings. The van der Waals surface area contributed by atoms with Crippen molar-refractivity contribution in [1.29, 1.82) is 0 Å². The second kappa shape index (κ2) is 14.3. The molecule has 124 valence electrons. The molecule has 2 N–H and O–H groups in total. The molecule has 1 aromatic heterocycles. The molecule has 1 heterocycles. The fourth-order valence-corrected chi connectivity index (χ4v) is 3.07. The van der Waals surface area contributed by atoms with Crippen molar-refractivity contribution >= 4 is 52.0 Å². The monoisotopic (exact) mass is 419 g/mol. The number of hydrogen-bond acceptors (Lipinski definition) is 4. The summed E-state index contributed by atoms with van der Waals surface area (Å²) in [5.74, 6) is 1.16. The number of nitrogens with zero attached hydrogens (tertiary/aromatic N) is 1. The molecule has 23 heavy (non-hydrogen) atoms. The quantitative estimate of drug-likeness (QED) is 0.265. The van der Waals surface area contributed by atoms with Gasteiger partial charge in [-0.05, 0) is 25.0 Å². The third kappa shape index (κ3) is 10.4. The molecular weight excluding hydrogens is 396 g/mol. The van der Waals surface area contributed by atoms with Gasteiger partial charge >= 0.3 is 0 Å². The summed E-state index contributed by atoms with van der Waals surface area (Å²) in [6, 6.07) is 7.84. The van der Waals surface area contributed by atoms with Gasteiger partial charge in [0.1, 0.15) is 4.32 Å². The number of rotatable bonds is 6. The molecule has 0 saturated carbocycles. The third-order valence-electron chi connectivity index (χ3n) is 2.91. The maximum atomic E-state index is 5.13. The van der Waals surface area contributed by atoms with Gasteiger partial charge in [-0.1, -0.05) is 62.8 Å². The summed E-state index contributed by atoms with van der Waals surface area (Å²) in [6.07, 6.45) is 4.97. The molecule has 0 amide bonds. The number of H-pyrrole nitrogens is 1. The summed E-state index contributed by atoms with van der Waals surface area (Å²) in [5.41, 5.74) is 2.00. The third-order valence-corrected chi connectivity index (χ3v) is 4.52. The largest absolute Gasteiger partial charge is 0.371 e. The van der Waals surface area contributed by atoms with E-state index in [4.69, 9.17) is 12.2 Å². The van der Waals surface area contributed by atoms with Crippen molar-refractivity contribution in [3.05, 3.63) is 24.3 Å². The topological polar surface area (TPSA) is 40.7 Å². The van der Waals surface area contributed by atoms with Crippen LogP contribution in [0.2, 0.25) is 0 Å². The fourth-order valence-electron chi connectivity index (χ4n) is 1.67. The van der Waals surface area contributed by atoms with Crippen LogP contribution in [0.3, 0.4) is 0 Å². The van der Waals surface area contributed by atoms with Crippen LogP contribution < -0.4 is 5.32 Å². The molecule has 1 aromatic carbocycles. The number of aromatic amines is 1. The minimum absolute atomic E-state index is 0. The van der Waals surface area contributed by atoms with E-state index in [1.807, 2.05) is 24.3 Å². The van der Waals surface area contributed by atoms with Gasteiger partial charge in [0, 0.05) is 31.8 Å². The summed E-state index contributed by atoms with van der Waals surface area (Å²) in [6.45, 7) is 5.43. The normalized spacial score (nSPS) is 9.70. The van der Waals surface area contributed by atoms with Crippen molar-refractivity contribution in [2.24, 2.45) is 0 Å². The Hall–Kier alpha value is -0.0966. The van der Waals surface area contributed by atoms with E-state index >= 15 is 0 Å². The Kier molecular flexibility index (Phi) is 14.2. The molecule has 3 nitrogen and oxygen atoms in total. The van der Waals surface area contributed by atoms with Crippen LogP contribution in [0.15, 0.2) is 29.4 Å². The Bertz CT molecular complexity index is 515. The van der Waals surface area contributed by atoms with Gasteiger partial charge < -0.3 is 10.3 Å². The van der Waals surface area contributed by atoms with Gasteiger partial charge in [-0.2, -0.15) is 0 Å². The molecule has 0 atom stereocenters. The molecule has 0 bridgehead atoms. The predicted molar refractivity (Wildman–Crippen MR) is 106 cm³/mol. The molecule has 0 fully saturated rings. The molecule has 0 aliphatic carbocycles. The van der Waals surface area contributed by atoms with Crippen LogP contribution in [-0.2, 0) is 19.5 Å². The van der Waals surface area contributed by atoms with Gasteiger partial charge in [0.2, 0.25) is 0 Å². The Morgan fingerprint density at radius 2 is 1.96 bits per heavy atom. The summed E-state index contributed by atoms with van der Waals surface area (Å²) < 4.78 is 0.969. The van der Waals surface area contributed by atoms with E-state index < -0.39 is 0 Å². The molecule has 0 aliphatic heterocycles. The summed E-state index contributed by atoms with van der Waals surface area (Å²) in [5, 5.41) is 3.90. The van der Waals surface area contributed by atoms with Gasteiger partial charge in [0.25, 0.3) is 0 Å². The number of aromatic nitrogens is 2. The van der Waals surface area contributed by atoms with Gasteiger partial charge in [0.05, 0.1) is 11.0 Å². The molecule has 0 radical (unpaired) electrons. The first-order valence-electron chi connectivity index (χ1n) is 7.71. The minimum Gasteiger partial charge on any atom is -0.371 e. The molecule has 0 saturated heterocycles. The van der Waals surface area contributed by atoms with Gasteiger partial charge in [0.15, 0.2) is 5.16 Å². The Balaban J connectivity index is 0.000000406. The standard InChI is InChI=1S/C9H19NS2.C7H6N2S.Zn/c1-3-5-7-10-9(11)12-8-6-4-2;10-7-8-5-3-1-2-4-6(5)9-7;/h3-8H2,1-2H3,(H,10,11);1-4H,(H2,8,9,10);. The smallest absolute Gasteiger partial charge is 0.163 e. The average molecular weight is 421 g/mol. The van der Waals surface area contributed by atoms with Crippen LogP contribution in [0.5, 0.6) is 0 Å². The molecule has 0 unspecified atom stereocenters. The van der Waals surface area contributed by atoms with E-state index in [2.05, 4.69) is 41.8 Å². The minimum atomic E-state index is 0. The molecule has 7 heteroatoms. The van der Waals surface area contributed by atoms with E-state index in [0.717, 1.165) is 27.7 Å². The number of benzene rings is 1. The van der Waals surface area contributed by atoms with Crippen LogP contribution in [-0.4, -0.2) is 26.6 Å². The van der Waals surface area contributed by atoms with E-state index in [0.29, 0.717) is 5.16 Å². The Morgan fingerprint density at radius 1 is 1.26 bits per heavy atom. The number of thiol groups is 1. The van der Waals surface area contributed by atoms with Gasteiger partial charge in [-0.3, -0.25) is 0 Å². The Morgan fingerprint density at radius 3 is 2.61 bits per heavy atom. The van der Waals surface area contributed by atoms with E-state index in [1.165, 1.54) is 25.7 Å². The predicted octanol–water partition coefficient (Wildman–Crippen LogP) is 5.04. The fraction of sp³-hybridized carbons (Fsp3) is 0.500. The number of thioether (sulfide) groups is 1. The van der Waals surface area contributed by atoms with E-state index in [-0.39, 0.29) is 19.5 Å². The van der Waals surface area contributed by atoms with Crippen LogP contribution >= 0.6 is 36.6 Å². The summed E-state index contributed by atoms with van der Waals surface area (Å²) >= 11 is 11.0. The van der Waals surface area contributed by atoms with Crippen molar-refractivity contribution < 1.29 is 19.5 Å². The summed E-state index contributed by atoms with van der Waals surface area (Å²) in [7, 11) is 0. The number of fused-ring (bicyclic) bond motifs is 1. The second-order valence-electron chi connectivity index (χ2n) is 4.85. The first kappa shape index (κ1) is 22.9. The van der Waals surface area contributed by atoms with Gasteiger partial charge in [-0.25, -0.2) is 4.98 Å². The zero-order chi connectivity index (χ0) is 16.2. The van der Waals surface area contributed by atoms with Gasteiger partial charge in [-0.15, -0.1) is 12.6 Å². The SMILES string of the molecule is CCCCNC(=S)SCCCC.Sc1nc2ccccc2[nH]1.[Zn]. The maximum absolute atomic E-state index is 5.13. The van der Waals surface area contributed by atoms with Crippen molar-refractivity contribution in [2.75, 3.05) is 12.3 Å².